The summed E-state index contributed by atoms with van der Waals surface area (Å²) in [6.45, 7) is 4.15. The summed E-state index contributed by atoms with van der Waals surface area (Å²) in [7, 11) is 0. The highest BCUT2D eigenvalue weighted by Crippen LogP contribution is 2.34. The van der Waals surface area contributed by atoms with Gasteiger partial charge in [-0.25, -0.2) is 0 Å². The maximum Gasteiger partial charge on any atom is 0.161 e. The van der Waals surface area contributed by atoms with E-state index < -0.39 is 0 Å². The third-order valence-electron chi connectivity index (χ3n) is 3.35. The van der Waals surface area contributed by atoms with E-state index in [1.807, 2.05) is 30.5 Å². The Hall–Kier alpha value is -1.59. The van der Waals surface area contributed by atoms with E-state index >= 15 is 0 Å². The molecule has 1 atom stereocenters. The Kier molecular flexibility index (Phi) is 4.41. The van der Waals surface area contributed by atoms with Crippen LogP contribution < -0.4 is 14.8 Å². The highest BCUT2D eigenvalue weighted by molar-refractivity contribution is 9.10. The monoisotopic (exact) mass is 348 g/mol. The Morgan fingerprint density at radius 2 is 2.00 bits per heavy atom. The SMILES string of the molecule is CCNC(c1ccc2c(c1)OCCO2)c1ccc(Br)cn1. The van der Waals surface area contributed by atoms with Crippen LogP contribution in [0.25, 0.3) is 0 Å². The fourth-order valence-corrected chi connectivity index (χ4v) is 2.63. The lowest BCUT2D eigenvalue weighted by molar-refractivity contribution is 0.171. The van der Waals surface area contributed by atoms with Gasteiger partial charge in [0, 0.05) is 10.7 Å². The first-order chi connectivity index (χ1) is 10.3. The van der Waals surface area contributed by atoms with Gasteiger partial charge >= 0.3 is 0 Å². The van der Waals surface area contributed by atoms with Crippen LogP contribution in [-0.4, -0.2) is 24.7 Å². The second kappa shape index (κ2) is 6.45. The molecular formula is C16H17BrN2O2. The summed E-state index contributed by atoms with van der Waals surface area (Å²) in [5.41, 5.74) is 2.10. The summed E-state index contributed by atoms with van der Waals surface area (Å²) in [5, 5.41) is 3.47. The van der Waals surface area contributed by atoms with Gasteiger partial charge < -0.3 is 14.8 Å². The molecule has 0 saturated carbocycles. The van der Waals surface area contributed by atoms with Crippen LogP contribution in [0.1, 0.15) is 24.2 Å². The van der Waals surface area contributed by atoms with Gasteiger partial charge in [-0.05, 0) is 52.3 Å². The zero-order valence-electron chi connectivity index (χ0n) is 11.8. The van der Waals surface area contributed by atoms with Gasteiger partial charge in [0.2, 0.25) is 0 Å². The minimum atomic E-state index is 0.0407. The molecule has 1 N–H and O–H groups in total. The molecule has 2 aromatic rings. The molecule has 5 heteroatoms. The molecular weight excluding hydrogens is 332 g/mol. The van der Waals surface area contributed by atoms with Crippen molar-refractivity contribution in [1.29, 1.82) is 0 Å². The molecule has 1 aliphatic heterocycles. The van der Waals surface area contributed by atoms with Crippen LogP contribution in [0.3, 0.4) is 0 Å². The van der Waals surface area contributed by atoms with Gasteiger partial charge in [-0.3, -0.25) is 4.98 Å². The summed E-state index contributed by atoms with van der Waals surface area (Å²) in [6.07, 6.45) is 1.82. The number of hydrogen-bond acceptors (Lipinski definition) is 4. The van der Waals surface area contributed by atoms with Crippen LogP contribution in [0.5, 0.6) is 11.5 Å². The molecule has 0 amide bonds. The van der Waals surface area contributed by atoms with Crippen LogP contribution in [0, 0.1) is 0 Å². The smallest absolute Gasteiger partial charge is 0.161 e. The summed E-state index contributed by atoms with van der Waals surface area (Å²) in [4.78, 5) is 4.50. The Balaban J connectivity index is 1.95. The normalized spacial score (nSPS) is 14.8. The summed E-state index contributed by atoms with van der Waals surface area (Å²) < 4.78 is 12.2. The van der Waals surface area contributed by atoms with Crippen molar-refractivity contribution in [2.45, 2.75) is 13.0 Å². The predicted octanol–water partition coefficient (Wildman–Crippen LogP) is 3.31. The molecule has 21 heavy (non-hydrogen) atoms. The van der Waals surface area contributed by atoms with Crippen molar-refractivity contribution in [3.05, 3.63) is 52.3 Å². The van der Waals surface area contributed by atoms with Crippen molar-refractivity contribution in [2.75, 3.05) is 19.8 Å². The van der Waals surface area contributed by atoms with Crippen molar-refractivity contribution in [2.24, 2.45) is 0 Å². The number of pyridine rings is 1. The van der Waals surface area contributed by atoms with Crippen LogP contribution in [-0.2, 0) is 0 Å². The topological polar surface area (TPSA) is 43.4 Å². The first-order valence-electron chi connectivity index (χ1n) is 7.02. The van der Waals surface area contributed by atoms with Gasteiger partial charge in [0.05, 0.1) is 11.7 Å². The predicted molar refractivity (Wildman–Crippen MR) is 84.9 cm³/mol. The fraction of sp³-hybridized carbons (Fsp3) is 0.312. The molecule has 4 nitrogen and oxygen atoms in total. The van der Waals surface area contributed by atoms with Crippen LogP contribution in [0.15, 0.2) is 41.0 Å². The van der Waals surface area contributed by atoms with E-state index in [1.165, 1.54) is 0 Å². The lowest BCUT2D eigenvalue weighted by atomic mass is 10.0. The molecule has 0 aliphatic carbocycles. The van der Waals surface area contributed by atoms with Gasteiger partial charge in [0.15, 0.2) is 11.5 Å². The molecule has 0 spiro atoms. The number of nitrogens with one attached hydrogen (secondary N) is 1. The van der Waals surface area contributed by atoms with Gasteiger partial charge in [-0.15, -0.1) is 0 Å². The second-order valence-electron chi connectivity index (χ2n) is 4.80. The Morgan fingerprint density at radius 3 is 2.71 bits per heavy atom. The van der Waals surface area contributed by atoms with Crippen molar-refractivity contribution >= 4 is 15.9 Å². The molecule has 0 fully saturated rings. The molecule has 1 aliphatic rings. The van der Waals surface area contributed by atoms with E-state index in [0.29, 0.717) is 13.2 Å². The standard InChI is InChI=1S/C16H17BrN2O2/c1-2-18-16(13-5-4-12(17)10-19-13)11-3-6-14-15(9-11)21-8-7-20-14/h3-6,9-10,16,18H,2,7-8H2,1H3. The van der Waals surface area contributed by atoms with Crippen molar-refractivity contribution in [1.82, 2.24) is 10.3 Å². The van der Waals surface area contributed by atoms with Gasteiger partial charge in [0.25, 0.3) is 0 Å². The molecule has 1 unspecified atom stereocenters. The second-order valence-corrected chi connectivity index (χ2v) is 5.71. The average molecular weight is 349 g/mol. The number of rotatable bonds is 4. The van der Waals surface area contributed by atoms with Crippen LogP contribution >= 0.6 is 15.9 Å². The molecule has 0 saturated heterocycles. The lowest BCUT2D eigenvalue weighted by Gasteiger charge is -2.22. The van der Waals surface area contributed by atoms with E-state index in [0.717, 1.165) is 33.8 Å². The quantitative estimate of drug-likeness (QED) is 0.920. The summed E-state index contributed by atoms with van der Waals surface area (Å²) in [5.74, 6) is 1.61. The number of aromatic nitrogens is 1. The zero-order chi connectivity index (χ0) is 14.7. The van der Waals surface area contributed by atoms with Crippen LogP contribution in [0.4, 0.5) is 0 Å². The first-order valence-corrected chi connectivity index (χ1v) is 7.81. The van der Waals surface area contributed by atoms with Gasteiger partial charge in [-0.2, -0.15) is 0 Å². The van der Waals surface area contributed by atoms with E-state index in [-0.39, 0.29) is 6.04 Å². The Morgan fingerprint density at radius 1 is 1.19 bits per heavy atom. The molecule has 3 rings (SSSR count). The molecule has 0 bridgehead atoms. The average Bonchev–Trinajstić information content (AvgIpc) is 2.53. The fourth-order valence-electron chi connectivity index (χ4n) is 2.39. The number of hydrogen-bond donors (Lipinski definition) is 1. The number of nitrogens with zero attached hydrogens (tertiary/aromatic N) is 1. The van der Waals surface area contributed by atoms with E-state index in [2.05, 4.69) is 39.2 Å². The van der Waals surface area contributed by atoms with Gasteiger partial charge in [-0.1, -0.05) is 13.0 Å². The first kappa shape index (κ1) is 14.4. The Labute approximate surface area is 132 Å². The number of ether oxygens (including phenoxy) is 2. The molecule has 2 heterocycles. The highest BCUT2D eigenvalue weighted by Gasteiger charge is 2.18. The van der Waals surface area contributed by atoms with E-state index in [1.54, 1.807) is 0 Å². The maximum absolute atomic E-state index is 5.67. The zero-order valence-corrected chi connectivity index (χ0v) is 13.4. The summed E-state index contributed by atoms with van der Waals surface area (Å²) in [6, 6.07) is 10.1. The Bertz CT molecular complexity index is 616. The number of benzene rings is 1. The number of fused-ring (bicyclic) bond motifs is 1. The van der Waals surface area contributed by atoms with Gasteiger partial charge in [0.1, 0.15) is 13.2 Å². The highest BCUT2D eigenvalue weighted by atomic mass is 79.9. The van der Waals surface area contributed by atoms with E-state index in [4.69, 9.17) is 9.47 Å². The number of halogens is 1. The minimum absolute atomic E-state index is 0.0407. The largest absolute Gasteiger partial charge is 0.486 e. The van der Waals surface area contributed by atoms with E-state index in [9.17, 15) is 0 Å². The third-order valence-corrected chi connectivity index (χ3v) is 3.82. The molecule has 1 aromatic heterocycles. The minimum Gasteiger partial charge on any atom is -0.486 e. The molecule has 110 valence electrons. The van der Waals surface area contributed by atoms with Crippen molar-refractivity contribution in [3.8, 4) is 11.5 Å². The van der Waals surface area contributed by atoms with Crippen LogP contribution in [0.2, 0.25) is 0 Å². The third kappa shape index (κ3) is 3.19. The van der Waals surface area contributed by atoms with Crippen molar-refractivity contribution in [3.63, 3.8) is 0 Å². The summed E-state index contributed by atoms with van der Waals surface area (Å²) >= 11 is 3.42. The lowest BCUT2D eigenvalue weighted by Crippen LogP contribution is -2.23. The maximum atomic E-state index is 5.67. The molecule has 0 radical (unpaired) electrons. The molecule has 1 aromatic carbocycles. The van der Waals surface area contributed by atoms with Crippen molar-refractivity contribution < 1.29 is 9.47 Å².